The molecule has 3 N–H and O–H groups in total. The number of nitrogens with one attached hydrogen (secondary N) is 1. The number of pyridine rings is 1. The summed E-state index contributed by atoms with van der Waals surface area (Å²) in [6.45, 7) is 2.34. The van der Waals surface area contributed by atoms with E-state index in [2.05, 4.69) is 19.6 Å². The number of likely N-dealkylation sites (tertiary alicyclic amines) is 1. The molecule has 2 aromatic heterocycles. The van der Waals surface area contributed by atoms with Crippen LogP contribution in [0.4, 0.5) is 10.8 Å². The fraction of sp³-hybridized carbons (Fsp3) is 0.467. The Balaban J connectivity index is 1.53. The second kappa shape index (κ2) is 5.27. The quantitative estimate of drug-likeness (QED) is 0.908. The molecule has 0 spiro atoms. The minimum Gasteiger partial charge on any atom is -0.382 e. The van der Waals surface area contributed by atoms with Crippen LogP contribution in [0.2, 0.25) is 0 Å². The van der Waals surface area contributed by atoms with Gasteiger partial charge in [-0.25, -0.2) is 0 Å². The molecule has 6 heteroatoms. The topological polar surface area (TPSA) is 67.1 Å². The molecule has 2 aliphatic rings. The summed E-state index contributed by atoms with van der Waals surface area (Å²) in [7, 11) is 0. The molecular formula is C15H19N5S. The highest BCUT2D eigenvalue weighted by molar-refractivity contribution is 7.11. The summed E-state index contributed by atoms with van der Waals surface area (Å²) >= 11 is 1.45. The van der Waals surface area contributed by atoms with Gasteiger partial charge in [-0.05, 0) is 36.9 Å². The Hall–Kier alpha value is -1.66. The van der Waals surface area contributed by atoms with Crippen LogP contribution < -0.4 is 11.1 Å². The summed E-state index contributed by atoms with van der Waals surface area (Å²) in [5.74, 6) is 0.590. The summed E-state index contributed by atoms with van der Waals surface area (Å²) in [6.07, 6.45) is 7.57. The Kier molecular flexibility index (Phi) is 3.27. The normalized spacial score (nSPS) is 22.6. The zero-order chi connectivity index (χ0) is 14.2. The van der Waals surface area contributed by atoms with Crippen molar-refractivity contribution in [1.29, 1.82) is 0 Å². The van der Waals surface area contributed by atoms with Crippen LogP contribution in [-0.4, -0.2) is 39.4 Å². The van der Waals surface area contributed by atoms with Gasteiger partial charge in [0.1, 0.15) is 10.8 Å². The second-order valence-corrected chi connectivity index (χ2v) is 6.64. The zero-order valence-corrected chi connectivity index (χ0v) is 12.6. The second-order valence-electron chi connectivity index (χ2n) is 5.87. The minimum absolute atomic E-state index is 0.501. The van der Waals surface area contributed by atoms with Crippen LogP contribution in [0.1, 0.15) is 19.3 Å². The number of rotatable bonds is 4. The smallest absolute Gasteiger partial charge is 0.147 e. The number of aromatic nitrogens is 2. The molecule has 110 valence electrons. The highest BCUT2D eigenvalue weighted by Crippen LogP contribution is 2.38. The van der Waals surface area contributed by atoms with Crippen molar-refractivity contribution >= 4 is 22.4 Å². The van der Waals surface area contributed by atoms with Gasteiger partial charge < -0.3 is 11.1 Å². The van der Waals surface area contributed by atoms with Crippen LogP contribution in [0.5, 0.6) is 0 Å². The number of hydrogen-bond donors (Lipinski definition) is 2. The molecule has 1 aliphatic heterocycles. The molecule has 1 unspecified atom stereocenters. The van der Waals surface area contributed by atoms with Gasteiger partial charge in [0.2, 0.25) is 0 Å². The average molecular weight is 301 g/mol. The lowest BCUT2D eigenvalue weighted by atomic mass is 10.1. The van der Waals surface area contributed by atoms with E-state index in [9.17, 15) is 0 Å². The first-order valence-corrected chi connectivity index (χ1v) is 8.25. The van der Waals surface area contributed by atoms with E-state index in [1.54, 1.807) is 6.20 Å². The molecule has 0 radical (unpaired) electrons. The summed E-state index contributed by atoms with van der Waals surface area (Å²) < 4.78 is 4.32. The highest BCUT2D eigenvalue weighted by Gasteiger charge is 2.34. The van der Waals surface area contributed by atoms with Crippen LogP contribution in [0, 0.1) is 0 Å². The van der Waals surface area contributed by atoms with E-state index in [4.69, 9.17) is 5.73 Å². The Morgan fingerprint density at radius 2 is 2.24 bits per heavy atom. The van der Waals surface area contributed by atoms with Crippen molar-refractivity contribution in [2.24, 2.45) is 0 Å². The summed E-state index contributed by atoms with van der Waals surface area (Å²) in [5.41, 5.74) is 8.08. The van der Waals surface area contributed by atoms with E-state index < -0.39 is 0 Å². The van der Waals surface area contributed by atoms with Gasteiger partial charge in [0.15, 0.2) is 0 Å². The van der Waals surface area contributed by atoms with Gasteiger partial charge in [-0.1, -0.05) is 6.07 Å². The monoisotopic (exact) mass is 301 g/mol. The third-order valence-corrected chi connectivity index (χ3v) is 5.08. The Labute approximate surface area is 128 Å². The minimum atomic E-state index is 0.501. The largest absolute Gasteiger partial charge is 0.382 e. The summed E-state index contributed by atoms with van der Waals surface area (Å²) in [6, 6.07) is 5.31. The molecule has 1 atom stereocenters. The number of anilines is 2. The molecule has 2 fully saturated rings. The Morgan fingerprint density at radius 3 is 3.00 bits per heavy atom. The molecule has 0 aromatic carbocycles. The van der Waals surface area contributed by atoms with Crippen LogP contribution in [0.25, 0.3) is 11.1 Å². The Morgan fingerprint density at radius 1 is 1.33 bits per heavy atom. The van der Waals surface area contributed by atoms with E-state index in [1.807, 2.05) is 18.3 Å². The maximum absolute atomic E-state index is 6.05. The molecular weight excluding hydrogens is 282 g/mol. The molecule has 1 saturated carbocycles. The molecule has 4 rings (SSSR count). The molecule has 0 amide bonds. The van der Waals surface area contributed by atoms with Crippen LogP contribution >= 0.6 is 11.5 Å². The van der Waals surface area contributed by atoms with Gasteiger partial charge in [0.25, 0.3) is 0 Å². The third kappa shape index (κ3) is 2.61. The van der Waals surface area contributed by atoms with Gasteiger partial charge in [-0.3, -0.25) is 9.88 Å². The van der Waals surface area contributed by atoms with E-state index in [0.29, 0.717) is 11.9 Å². The number of hydrogen-bond acceptors (Lipinski definition) is 6. The van der Waals surface area contributed by atoms with E-state index >= 15 is 0 Å². The first-order valence-electron chi connectivity index (χ1n) is 7.47. The van der Waals surface area contributed by atoms with E-state index in [-0.39, 0.29) is 0 Å². The zero-order valence-electron chi connectivity index (χ0n) is 11.8. The number of nitrogens with zero attached hydrogens (tertiary/aromatic N) is 3. The molecule has 2 aromatic rings. The lowest BCUT2D eigenvalue weighted by molar-refractivity contribution is 0.326. The predicted octanol–water partition coefficient (Wildman–Crippen LogP) is 2.44. The fourth-order valence-electron chi connectivity index (χ4n) is 3.05. The van der Waals surface area contributed by atoms with Gasteiger partial charge in [0, 0.05) is 43.1 Å². The van der Waals surface area contributed by atoms with Gasteiger partial charge >= 0.3 is 0 Å². The highest BCUT2D eigenvalue weighted by atomic mass is 32.1. The Bertz CT molecular complexity index is 622. The SMILES string of the molecule is Nc1nsc(NC2CCN(C3CC3)C2)c1-c1cccnc1. The third-order valence-electron chi connectivity index (χ3n) is 4.29. The number of nitrogens with two attached hydrogens (primary N) is 1. The first kappa shape index (κ1) is 13.0. The summed E-state index contributed by atoms with van der Waals surface area (Å²) in [4.78, 5) is 6.79. The maximum atomic E-state index is 6.05. The molecule has 1 aliphatic carbocycles. The van der Waals surface area contributed by atoms with Crippen LogP contribution in [-0.2, 0) is 0 Å². The molecule has 3 heterocycles. The molecule has 1 saturated heterocycles. The van der Waals surface area contributed by atoms with E-state index in [1.165, 1.54) is 37.3 Å². The maximum Gasteiger partial charge on any atom is 0.147 e. The van der Waals surface area contributed by atoms with Gasteiger partial charge in [0.05, 0.1) is 5.56 Å². The summed E-state index contributed by atoms with van der Waals surface area (Å²) in [5, 5.41) is 4.72. The lowest BCUT2D eigenvalue weighted by Gasteiger charge is -2.16. The van der Waals surface area contributed by atoms with Crippen molar-refractivity contribution in [3.63, 3.8) is 0 Å². The predicted molar refractivity (Wildman–Crippen MR) is 86.4 cm³/mol. The van der Waals surface area contributed by atoms with Crippen molar-refractivity contribution in [3.8, 4) is 11.1 Å². The van der Waals surface area contributed by atoms with Gasteiger partial charge in [-0.2, -0.15) is 4.37 Å². The average Bonchev–Trinajstić information content (AvgIpc) is 3.15. The standard InChI is InChI=1S/C15H19N5S/c16-14-13(10-2-1-6-17-8-10)15(21-19-14)18-11-5-7-20(9-11)12-3-4-12/h1-2,6,8,11-12,18H,3-5,7,9H2,(H2,16,19). The number of nitrogen functional groups attached to an aromatic ring is 1. The van der Waals surface area contributed by atoms with Crippen molar-refractivity contribution in [2.45, 2.75) is 31.3 Å². The van der Waals surface area contributed by atoms with Crippen molar-refractivity contribution in [1.82, 2.24) is 14.3 Å². The van der Waals surface area contributed by atoms with Crippen molar-refractivity contribution < 1.29 is 0 Å². The van der Waals surface area contributed by atoms with Crippen molar-refractivity contribution in [2.75, 3.05) is 24.1 Å². The molecule has 0 bridgehead atoms. The lowest BCUT2D eigenvalue weighted by Crippen LogP contribution is -2.27. The first-order chi connectivity index (χ1) is 10.3. The van der Waals surface area contributed by atoms with Gasteiger partial charge in [-0.15, -0.1) is 0 Å². The molecule has 5 nitrogen and oxygen atoms in total. The fourth-order valence-corrected chi connectivity index (χ4v) is 3.87. The van der Waals surface area contributed by atoms with Crippen LogP contribution in [0.15, 0.2) is 24.5 Å². The molecule has 21 heavy (non-hydrogen) atoms. The van der Waals surface area contributed by atoms with E-state index in [0.717, 1.165) is 28.7 Å². The van der Waals surface area contributed by atoms with Crippen LogP contribution in [0.3, 0.4) is 0 Å². The van der Waals surface area contributed by atoms with Crippen molar-refractivity contribution in [3.05, 3.63) is 24.5 Å².